The van der Waals surface area contributed by atoms with Crippen molar-refractivity contribution >= 4 is 76.9 Å². The summed E-state index contributed by atoms with van der Waals surface area (Å²) >= 11 is 3.42. The highest BCUT2D eigenvalue weighted by atomic mass is 79.9. The number of anilines is 3. The van der Waals surface area contributed by atoms with E-state index in [1.165, 1.54) is 33.4 Å². The summed E-state index contributed by atoms with van der Waals surface area (Å²) in [6, 6.07) is 118. The molecule has 16 rings (SSSR count). The lowest BCUT2D eigenvalue weighted by Gasteiger charge is -2.10. The van der Waals surface area contributed by atoms with Crippen LogP contribution >= 0.6 is 15.9 Å². The molecule has 14 aromatic carbocycles. The lowest BCUT2D eigenvalue weighted by molar-refractivity contribution is 0.670. The van der Waals surface area contributed by atoms with Crippen LogP contribution in [0.5, 0.6) is 0 Å². The molecule has 6 heteroatoms. The number of nitrogen functional groups attached to an aromatic ring is 1. The van der Waals surface area contributed by atoms with Crippen molar-refractivity contribution in [2.75, 3.05) is 11.1 Å². The minimum absolute atomic E-state index is 0. The van der Waals surface area contributed by atoms with Crippen LogP contribution < -0.4 is 11.1 Å². The van der Waals surface area contributed by atoms with Crippen LogP contribution in [-0.4, -0.2) is 0 Å². The van der Waals surface area contributed by atoms with Crippen molar-refractivity contribution in [1.82, 2.24) is 0 Å². The third-order valence-electron chi connectivity index (χ3n) is 16.3. The summed E-state index contributed by atoms with van der Waals surface area (Å²) in [5.41, 5.74) is 31.0. The molecular weight excluding hydrogens is 1180 g/mol. The van der Waals surface area contributed by atoms with Gasteiger partial charge in [0.15, 0.2) is 0 Å². The van der Waals surface area contributed by atoms with E-state index in [1.807, 2.05) is 36.4 Å². The van der Waals surface area contributed by atoms with Crippen LogP contribution in [0.3, 0.4) is 0 Å². The van der Waals surface area contributed by atoms with Crippen LogP contribution in [0.4, 0.5) is 21.8 Å². The van der Waals surface area contributed by atoms with E-state index in [0.29, 0.717) is 0 Å². The average molecular weight is 1240 g/mol. The van der Waals surface area contributed by atoms with Crippen molar-refractivity contribution in [3.8, 4) is 89.0 Å². The molecule has 0 bridgehead atoms. The van der Waals surface area contributed by atoms with E-state index in [1.54, 1.807) is 0 Å². The van der Waals surface area contributed by atoms with Gasteiger partial charge >= 0.3 is 0 Å². The molecule has 0 saturated heterocycles. The fourth-order valence-corrected chi connectivity index (χ4v) is 12.0. The Morgan fingerprint density at radius 1 is 0.242 bits per heavy atom. The number of halogens is 2. The molecule has 91 heavy (non-hydrogen) atoms. The van der Waals surface area contributed by atoms with Crippen LogP contribution in [0.2, 0.25) is 0 Å². The average Bonchev–Trinajstić information content (AvgIpc) is 1.67. The van der Waals surface area contributed by atoms with Crippen LogP contribution in [0.15, 0.2) is 353 Å². The Morgan fingerprint density at radius 3 is 0.846 bits per heavy atom. The maximum absolute atomic E-state index is 6.67. The highest BCUT2D eigenvalue weighted by Crippen LogP contribution is 2.43. The number of para-hydroxylation sites is 4. The molecule has 3 N–H and O–H groups in total. The molecule has 0 unspecified atom stereocenters. The lowest BCUT2D eigenvalue weighted by atomic mass is 9.97. The maximum Gasteiger partial charge on any atom is 0.143 e. The highest BCUT2D eigenvalue weighted by molar-refractivity contribution is 9.10. The van der Waals surface area contributed by atoms with E-state index in [-0.39, 0.29) is 12.1 Å². The van der Waals surface area contributed by atoms with E-state index >= 15 is 0 Å². The fraction of sp³-hybridized carbons (Fsp3) is 0.0118. The largest absolute Gasteiger partial charge is 0.455 e. The van der Waals surface area contributed by atoms with Gasteiger partial charge in [-0.25, -0.2) is 0 Å². The number of fused-ring (bicyclic) bond motifs is 6. The zero-order chi connectivity index (χ0) is 59.9. The minimum atomic E-state index is 0. The Hall–Kier alpha value is -11.3. The van der Waals surface area contributed by atoms with Gasteiger partial charge in [0, 0.05) is 65.3 Å². The smallest absolute Gasteiger partial charge is 0.143 e. The first kappa shape index (κ1) is 60.0. The molecule has 0 aliphatic rings. The summed E-state index contributed by atoms with van der Waals surface area (Å²) in [4.78, 5) is 0. The Morgan fingerprint density at radius 2 is 0.495 bits per heavy atom. The summed E-state index contributed by atoms with van der Waals surface area (Å²) in [6.07, 6.45) is 0. The van der Waals surface area contributed by atoms with Crippen molar-refractivity contribution in [2.24, 2.45) is 0 Å². The van der Waals surface area contributed by atoms with Gasteiger partial charge in [-0.3, -0.25) is 4.70 Å². The number of rotatable bonds is 10. The summed E-state index contributed by atoms with van der Waals surface area (Å²) in [6.45, 7) is 0. The number of nitrogens with two attached hydrogens (primary N) is 1. The van der Waals surface area contributed by atoms with Gasteiger partial charge in [0.1, 0.15) is 22.3 Å². The Labute approximate surface area is 538 Å². The van der Waals surface area contributed by atoms with E-state index in [4.69, 9.17) is 14.6 Å². The predicted molar refractivity (Wildman–Crippen MR) is 388 cm³/mol. The van der Waals surface area contributed by atoms with Crippen molar-refractivity contribution in [3.05, 3.63) is 344 Å². The molecule has 2 aromatic heterocycles. The molecule has 0 fully saturated rings. The van der Waals surface area contributed by atoms with E-state index in [0.717, 1.165) is 121 Å². The van der Waals surface area contributed by atoms with Crippen LogP contribution in [0.1, 0.15) is 7.43 Å². The molecule has 440 valence electrons. The molecule has 2 heterocycles. The predicted octanol–water partition coefficient (Wildman–Crippen LogP) is 25.1. The van der Waals surface area contributed by atoms with Gasteiger partial charge in [-0.05, 0) is 127 Å². The molecule has 0 spiro atoms. The summed E-state index contributed by atoms with van der Waals surface area (Å²) in [5.74, 6) is 0. The van der Waals surface area contributed by atoms with Crippen LogP contribution in [0.25, 0.3) is 133 Å². The first-order valence-corrected chi connectivity index (χ1v) is 30.6. The van der Waals surface area contributed by atoms with Crippen molar-refractivity contribution in [1.29, 1.82) is 0 Å². The Bertz CT molecular complexity index is 5070. The highest BCUT2D eigenvalue weighted by Gasteiger charge is 2.18. The van der Waals surface area contributed by atoms with Gasteiger partial charge in [0.25, 0.3) is 0 Å². The van der Waals surface area contributed by atoms with E-state index in [9.17, 15) is 0 Å². The van der Waals surface area contributed by atoms with Gasteiger partial charge in [0.2, 0.25) is 0 Å². The molecule has 0 aliphatic heterocycles. The van der Waals surface area contributed by atoms with E-state index < -0.39 is 0 Å². The third-order valence-corrected chi connectivity index (χ3v) is 16.8. The van der Waals surface area contributed by atoms with Gasteiger partial charge in [-0.15, -0.1) is 0 Å². The van der Waals surface area contributed by atoms with Crippen molar-refractivity contribution < 1.29 is 13.5 Å². The summed E-state index contributed by atoms with van der Waals surface area (Å²) in [5, 5.41) is 8.07. The molecule has 0 saturated carbocycles. The maximum atomic E-state index is 6.67. The van der Waals surface area contributed by atoms with Crippen molar-refractivity contribution in [2.45, 2.75) is 7.43 Å². The van der Waals surface area contributed by atoms with Gasteiger partial charge < -0.3 is 19.9 Å². The SMILES string of the molecule is Brc1ccc(-c2ccccc2)cc1.C.F.Nc1ccc(-c2cccc(-c3cccc4c3oc3c(-c5ccccc5)cccc34)c2)cc1.c1ccc(-c2ccc(Nc3ccc(-c4cccc(-c5cccc6c5oc5c(-c7ccccc7)cccc56)c4)cc3)cc2)cc1. The topological polar surface area (TPSA) is 64.3 Å². The van der Waals surface area contributed by atoms with Gasteiger partial charge in [-0.2, -0.15) is 0 Å². The van der Waals surface area contributed by atoms with Crippen LogP contribution in [-0.2, 0) is 0 Å². The normalized spacial score (nSPS) is 10.8. The van der Waals surface area contributed by atoms with Crippen molar-refractivity contribution in [3.63, 3.8) is 0 Å². The zero-order valence-corrected chi connectivity index (χ0v) is 50.6. The Balaban J connectivity index is 0.000000148. The Kier molecular flexibility index (Phi) is 18.1. The number of benzene rings is 14. The zero-order valence-electron chi connectivity index (χ0n) is 49.0. The molecule has 4 nitrogen and oxygen atoms in total. The standard InChI is InChI=1S/C42H29NO.C30H21NO.C12H9Br.CH4.FH/c1-3-10-29(11-4-1)30-20-24-35(25-21-30)43-36-26-22-31(23-27-36)33-14-7-15-34(28-33)38-17-9-19-40-39-18-8-16-37(41(39)44-42(38)40)32-12-5-2-6-13-32;31-24-17-15-20(16-18-24)22-9-4-10-23(19-22)26-12-6-14-28-27-13-5-11-25(29(27)32-30(26)28)21-7-2-1-3-8-21;13-12-8-6-11(7-9-12)10-4-2-1-3-5-10;;/h1-28,43H;1-19H,31H2;1-9H;1H4;1H. The number of hydrogen-bond acceptors (Lipinski definition) is 4. The lowest BCUT2D eigenvalue weighted by Crippen LogP contribution is -1.90. The molecule has 0 aliphatic carbocycles. The number of furan rings is 2. The number of hydrogen-bond donors (Lipinski definition) is 2. The second-order valence-corrected chi connectivity index (χ2v) is 22.9. The van der Waals surface area contributed by atoms with E-state index in [2.05, 4.69) is 325 Å². The minimum Gasteiger partial charge on any atom is -0.455 e. The van der Waals surface area contributed by atoms with Crippen LogP contribution in [0, 0.1) is 0 Å². The second-order valence-electron chi connectivity index (χ2n) is 22.0. The first-order chi connectivity index (χ1) is 43.9. The first-order valence-electron chi connectivity index (χ1n) is 29.8. The molecular formula is C85H64BrFN2O2. The molecule has 0 amide bonds. The number of nitrogens with one attached hydrogen (secondary N) is 1. The van der Waals surface area contributed by atoms with Gasteiger partial charge in [0.05, 0.1) is 0 Å². The fourth-order valence-electron chi connectivity index (χ4n) is 11.8. The summed E-state index contributed by atoms with van der Waals surface area (Å²) in [7, 11) is 0. The second kappa shape index (κ2) is 27.4. The third kappa shape index (κ3) is 13.0. The molecule has 16 aromatic rings. The molecule has 0 atom stereocenters. The van der Waals surface area contributed by atoms with Gasteiger partial charge in [-0.1, -0.05) is 302 Å². The quantitative estimate of drug-likeness (QED) is 0.134. The monoisotopic (exact) mass is 1240 g/mol. The summed E-state index contributed by atoms with van der Waals surface area (Å²) < 4.78 is 14.4. The molecule has 0 radical (unpaired) electrons.